The summed E-state index contributed by atoms with van der Waals surface area (Å²) in [6.07, 6.45) is 0. The predicted octanol–water partition coefficient (Wildman–Crippen LogP) is 2.08. The van der Waals surface area contributed by atoms with Gasteiger partial charge in [-0.2, -0.15) is 0 Å². The van der Waals surface area contributed by atoms with Crippen molar-refractivity contribution in [2.24, 2.45) is 5.73 Å². The molecule has 0 amide bonds. The maximum Gasteiger partial charge on any atom is 0.0234 e. The van der Waals surface area contributed by atoms with Crippen molar-refractivity contribution in [3.8, 4) is 0 Å². The highest BCUT2D eigenvalue weighted by molar-refractivity contribution is 5.29. The number of aryl methyl sites for hydroxylation is 2. The summed E-state index contributed by atoms with van der Waals surface area (Å²) in [5.41, 5.74) is 9.72. The van der Waals surface area contributed by atoms with E-state index >= 15 is 0 Å². The van der Waals surface area contributed by atoms with Crippen molar-refractivity contribution in [1.29, 1.82) is 0 Å². The van der Waals surface area contributed by atoms with Crippen molar-refractivity contribution in [3.63, 3.8) is 0 Å². The number of hydrogen-bond acceptors (Lipinski definition) is 2. The van der Waals surface area contributed by atoms with Crippen LogP contribution in [0, 0.1) is 13.8 Å². The molecule has 1 aromatic carbocycles. The Morgan fingerprint density at radius 2 is 1.93 bits per heavy atom. The fourth-order valence-corrected chi connectivity index (χ4v) is 1.53. The fourth-order valence-electron chi connectivity index (χ4n) is 1.53. The van der Waals surface area contributed by atoms with Crippen LogP contribution in [0.1, 0.15) is 23.6 Å². The summed E-state index contributed by atoms with van der Waals surface area (Å²) in [4.78, 5) is 2.28. The molecule has 15 heavy (non-hydrogen) atoms. The van der Waals surface area contributed by atoms with Crippen LogP contribution < -0.4 is 5.73 Å². The zero-order valence-electron chi connectivity index (χ0n) is 10.2. The molecule has 0 fully saturated rings. The lowest BCUT2D eigenvalue weighted by molar-refractivity contribution is 0.255. The van der Waals surface area contributed by atoms with Crippen LogP contribution in [-0.2, 0) is 6.54 Å². The van der Waals surface area contributed by atoms with Gasteiger partial charge in [-0.3, -0.25) is 4.90 Å². The number of hydrogen-bond donors (Lipinski definition) is 1. The molecule has 0 heterocycles. The number of rotatable bonds is 4. The minimum Gasteiger partial charge on any atom is -0.329 e. The largest absolute Gasteiger partial charge is 0.329 e. The number of likely N-dealkylation sites (N-methyl/N-ethyl adjacent to an activating group) is 1. The molecule has 1 unspecified atom stereocenters. The van der Waals surface area contributed by atoms with E-state index in [2.05, 4.69) is 50.9 Å². The van der Waals surface area contributed by atoms with Crippen molar-refractivity contribution < 1.29 is 0 Å². The van der Waals surface area contributed by atoms with Gasteiger partial charge in [-0.15, -0.1) is 0 Å². The third kappa shape index (κ3) is 3.33. The maximum atomic E-state index is 5.64. The molecule has 0 bridgehead atoms. The molecule has 0 aliphatic heterocycles. The summed E-state index contributed by atoms with van der Waals surface area (Å²) < 4.78 is 0. The van der Waals surface area contributed by atoms with Gasteiger partial charge >= 0.3 is 0 Å². The van der Waals surface area contributed by atoms with Crippen LogP contribution in [0.4, 0.5) is 0 Å². The highest BCUT2D eigenvalue weighted by Crippen LogP contribution is 2.12. The summed E-state index contributed by atoms with van der Waals surface area (Å²) in [7, 11) is 2.12. The van der Waals surface area contributed by atoms with Gasteiger partial charge in [0.15, 0.2) is 0 Å². The van der Waals surface area contributed by atoms with Gasteiger partial charge in [0.2, 0.25) is 0 Å². The van der Waals surface area contributed by atoms with Gasteiger partial charge in [0.1, 0.15) is 0 Å². The first kappa shape index (κ1) is 12.2. The Morgan fingerprint density at radius 1 is 1.27 bits per heavy atom. The molecule has 2 nitrogen and oxygen atoms in total. The zero-order valence-corrected chi connectivity index (χ0v) is 10.2. The van der Waals surface area contributed by atoms with E-state index in [9.17, 15) is 0 Å². The van der Waals surface area contributed by atoms with E-state index in [0.717, 1.165) is 6.54 Å². The molecule has 0 saturated heterocycles. The summed E-state index contributed by atoms with van der Waals surface area (Å²) in [5, 5.41) is 0. The van der Waals surface area contributed by atoms with Crippen LogP contribution >= 0.6 is 0 Å². The van der Waals surface area contributed by atoms with Gasteiger partial charge in [0.25, 0.3) is 0 Å². The van der Waals surface area contributed by atoms with E-state index in [4.69, 9.17) is 5.73 Å². The van der Waals surface area contributed by atoms with Crippen molar-refractivity contribution in [1.82, 2.24) is 4.90 Å². The predicted molar refractivity (Wildman–Crippen MR) is 65.9 cm³/mol. The molecule has 2 heteroatoms. The third-order valence-electron chi connectivity index (χ3n) is 3.10. The summed E-state index contributed by atoms with van der Waals surface area (Å²) in [5.74, 6) is 0. The second-order valence-electron chi connectivity index (χ2n) is 4.42. The Hall–Kier alpha value is -0.860. The second-order valence-corrected chi connectivity index (χ2v) is 4.42. The molecule has 1 rings (SSSR count). The Labute approximate surface area is 93.1 Å². The van der Waals surface area contributed by atoms with Gasteiger partial charge in [-0.25, -0.2) is 0 Å². The minimum atomic E-state index is 0.437. The van der Waals surface area contributed by atoms with Crippen LogP contribution in [0.3, 0.4) is 0 Å². The van der Waals surface area contributed by atoms with E-state index in [1.807, 2.05) is 0 Å². The molecule has 84 valence electrons. The molecule has 2 N–H and O–H groups in total. The van der Waals surface area contributed by atoms with Crippen molar-refractivity contribution in [2.45, 2.75) is 33.4 Å². The first-order chi connectivity index (χ1) is 7.04. The van der Waals surface area contributed by atoms with Crippen LogP contribution in [0.25, 0.3) is 0 Å². The van der Waals surface area contributed by atoms with E-state index in [1.165, 1.54) is 16.7 Å². The Balaban J connectivity index is 2.68. The fraction of sp³-hybridized carbons (Fsp3) is 0.538. The highest BCUT2D eigenvalue weighted by Gasteiger charge is 2.07. The Bertz CT molecular complexity index is 320. The first-order valence-corrected chi connectivity index (χ1v) is 5.51. The molecule has 0 aliphatic rings. The van der Waals surface area contributed by atoms with Gasteiger partial charge in [0, 0.05) is 19.1 Å². The lowest BCUT2D eigenvalue weighted by Gasteiger charge is -2.23. The van der Waals surface area contributed by atoms with Crippen LogP contribution in [0.2, 0.25) is 0 Å². The van der Waals surface area contributed by atoms with Gasteiger partial charge in [-0.05, 0) is 44.5 Å². The average Bonchev–Trinajstić information content (AvgIpc) is 2.22. The van der Waals surface area contributed by atoms with Crippen molar-refractivity contribution in [2.75, 3.05) is 13.6 Å². The molecule has 0 saturated carbocycles. The zero-order chi connectivity index (χ0) is 11.4. The van der Waals surface area contributed by atoms with Crippen molar-refractivity contribution in [3.05, 3.63) is 34.9 Å². The topological polar surface area (TPSA) is 29.3 Å². The average molecular weight is 206 g/mol. The van der Waals surface area contributed by atoms with Gasteiger partial charge in [-0.1, -0.05) is 18.2 Å². The standard InChI is InChI=1S/C13H22N2/c1-10-5-6-13(7-11(10)2)9-15(4)12(3)8-14/h5-7,12H,8-9,14H2,1-4H3. The molecular weight excluding hydrogens is 184 g/mol. The number of nitrogens with zero attached hydrogens (tertiary/aromatic N) is 1. The van der Waals surface area contributed by atoms with Crippen LogP contribution in [0.5, 0.6) is 0 Å². The Morgan fingerprint density at radius 3 is 2.47 bits per heavy atom. The molecular formula is C13H22N2. The number of nitrogens with two attached hydrogens (primary N) is 1. The lowest BCUT2D eigenvalue weighted by Crippen LogP contribution is -2.34. The lowest BCUT2D eigenvalue weighted by atomic mass is 10.1. The smallest absolute Gasteiger partial charge is 0.0234 e. The van der Waals surface area contributed by atoms with E-state index in [-0.39, 0.29) is 0 Å². The normalized spacial score (nSPS) is 13.2. The molecule has 0 aromatic heterocycles. The first-order valence-electron chi connectivity index (χ1n) is 5.51. The van der Waals surface area contributed by atoms with E-state index < -0.39 is 0 Å². The summed E-state index contributed by atoms with van der Waals surface area (Å²) >= 11 is 0. The highest BCUT2D eigenvalue weighted by atomic mass is 15.1. The SMILES string of the molecule is Cc1ccc(CN(C)C(C)CN)cc1C. The quantitative estimate of drug-likeness (QED) is 0.817. The monoisotopic (exact) mass is 206 g/mol. The summed E-state index contributed by atoms with van der Waals surface area (Å²) in [6.45, 7) is 8.14. The molecule has 1 aromatic rings. The van der Waals surface area contributed by atoms with Crippen molar-refractivity contribution >= 4 is 0 Å². The van der Waals surface area contributed by atoms with Gasteiger partial charge < -0.3 is 5.73 Å². The van der Waals surface area contributed by atoms with Crippen LogP contribution in [0.15, 0.2) is 18.2 Å². The minimum absolute atomic E-state index is 0.437. The third-order valence-corrected chi connectivity index (χ3v) is 3.10. The van der Waals surface area contributed by atoms with Gasteiger partial charge in [0.05, 0.1) is 0 Å². The maximum absolute atomic E-state index is 5.64. The second kappa shape index (κ2) is 5.29. The molecule has 0 radical (unpaired) electrons. The molecule has 1 atom stereocenters. The van der Waals surface area contributed by atoms with E-state index in [1.54, 1.807) is 0 Å². The number of benzene rings is 1. The molecule has 0 spiro atoms. The molecule has 0 aliphatic carbocycles. The van der Waals surface area contributed by atoms with E-state index in [0.29, 0.717) is 12.6 Å². The Kier molecular flexibility index (Phi) is 4.30. The summed E-state index contributed by atoms with van der Waals surface area (Å²) in [6, 6.07) is 7.08. The van der Waals surface area contributed by atoms with Crippen LogP contribution in [-0.4, -0.2) is 24.5 Å².